The van der Waals surface area contributed by atoms with Crippen LogP contribution in [0.15, 0.2) is 82.0 Å². The van der Waals surface area contributed by atoms with Crippen molar-refractivity contribution in [3.8, 4) is 23.1 Å². The molecular weight excluding hydrogens is 426 g/mol. The summed E-state index contributed by atoms with van der Waals surface area (Å²) in [6.45, 7) is 0. The summed E-state index contributed by atoms with van der Waals surface area (Å²) in [4.78, 5) is 31.6. The van der Waals surface area contributed by atoms with Gasteiger partial charge in [0.25, 0.3) is 5.56 Å². The van der Waals surface area contributed by atoms with Gasteiger partial charge in [0.15, 0.2) is 0 Å². The van der Waals surface area contributed by atoms with Gasteiger partial charge >= 0.3 is 5.97 Å². The fourth-order valence-electron chi connectivity index (χ4n) is 2.78. The number of H-pyrrole nitrogens is 1. The molecular formula is C23H15N5O3S. The Kier molecular flexibility index (Phi) is 6.15. The molecule has 8 nitrogen and oxygen atoms in total. The van der Waals surface area contributed by atoms with Crippen molar-refractivity contribution in [2.75, 3.05) is 5.43 Å². The fraction of sp³-hybridized carbons (Fsp3) is 0. The molecule has 0 bridgehead atoms. The van der Waals surface area contributed by atoms with Crippen molar-refractivity contribution >= 4 is 29.5 Å². The summed E-state index contributed by atoms with van der Waals surface area (Å²) in [6, 6.07) is 21.1. The maximum absolute atomic E-state index is 12.3. The van der Waals surface area contributed by atoms with Crippen molar-refractivity contribution in [3.05, 3.63) is 98.5 Å². The molecule has 2 aromatic carbocycles. The van der Waals surface area contributed by atoms with E-state index >= 15 is 0 Å². The van der Waals surface area contributed by atoms with Crippen LogP contribution in [-0.2, 0) is 0 Å². The van der Waals surface area contributed by atoms with E-state index in [1.165, 1.54) is 17.6 Å². The number of carbonyl (C=O) groups excluding carboxylic acids is 1. The number of aromatic nitrogens is 2. The number of ether oxygens (including phenoxy) is 1. The van der Waals surface area contributed by atoms with Gasteiger partial charge in [0.2, 0.25) is 5.95 Å². The maximum Gasteiger partial charge on any atom is 0.353 e. The normalized spacial score (nSPS) is 10.6. The highest BCUT2D eigenvalue weighted by molar-refractivity contribution is 7.12. The summed E-state index contributed by atoms with van der Waals surface area (Å²) in [5.74, 6) is 0.109. The van der Waals surface area contributed by atoms with E-state index in [9.17, 15) is 14.9 Å². The molecule has 0 fully saturated rings. The Balaban J connectivity index is 1.46. The number of rotatable bonds is 6. The second-order valence-corrected chi connectivity index (χ2v) is 7.37. The van der Waals surface area contributed by atoms with Crippen LogP contribution in [0.1, 0.15) is 20.8 Å². The van der Waals surface area contributed by atoms with Gasteiger partial charge in [-0.25, -0.2) is 15.2 Å². The summed E-state index contributed by atoms with van der Waals surface area (Å²) in [5, 5.41) is 15.2. The summed E-state index contributed by atoms with van der Waals surface area (Å²) >= 11 is 1.31. The van der Waals surface area contributed by atoms with Crippen LogP contribution in [0, 0.1) is 11.3 Å². The Morgan fingerprint density at radius 1 is 1.12 bits per heavy atom. The van der Waals surface area contributed by atoms with Crippen LogP contribution in [0.4, 0.5) is 5.95 Å². The molecule has 0 unspecified atom stereocenters. The molecule has 0 aliphatic heterocycles. The third-order valence-electron chi connectivity index (χ3n) is 4.28. The highest BCUT2D eigenvalue weighted by Crippen LogP contribution is 2.19. The van der Waals surface area contributed by atoms with Crippen molar-refractivity contribution in [1.29, 1.82) is 5.26 Å². The number of hydrogen-bond acceptors (Lipinski definition) is 8. The van der Waals surface area contributed by atoms with Gasteiger partial charge in [-0.3, -0.25) is 9.78 Å². The molecule has 9 heteroatoms. The van der Waals surface area contributed by atoms with E-state index in [2.05, 4.69) is 20.5 Å². The first-order valence-corrected chi connectivity index (χ1v) is 10.3. The lowest BCUT2D eigenvalue weighted by molar-refractivity contribution is 0.0740. The Hall–Kier alpha value is -4.55. The summed E-state index contributed by atoms with van der Waals surface area (Å²) < 4.78 is 5.31. The number of anilines is 1. The van der Waals surface area contributed by atoms with Crippen LogP contribution in [-0.4, -0.2) is 22.2 Å². The van der Waals surface area contributed by atoms with Gasteiger partial charge in [-0.2, -0.15) is 10.4 Å². The van der Waals surface area contributed by atoms with Crippen LogP contribution in [0.2, 0.25) is 0 Å². The first kappa shape index (κ1) is 20.7. The first-order chi connectivity index (χ1) is 15.6. The van der Waals surface area contributed by atoms with E-state index in [4.69, 9.17) is 4.74 Å². The second kappa shape index (κ2) is 9.51. The van der Waals surface area contributed by atoms with E-state index in [1.54, 1.807) is 60.7 Å². The molecule has 0 aliphatic rings. The van der Waals surface area contributed by atoms with E-state index in [0.29, 0.717) is 16.2 Å². The van der Waals surface area contributed by atoms with Gasteiger partial charge in [0.05, 0.1) is 11.9 Å². The van der Waals surface area contributed by atoms with Gasteiger partial charge in [0, 0.05) is 5.56 Å². The van der Waals surface area contributed by atoms with E-state index in [0.717, 1.165) is 5.56 Å². The number of hydrazone groups is 1. The molecule has 2 N–H and O–H groups in total. The van der Waals surface area contributed by atoms with Gasteiger partial charge in [-0.15, -0.1) is 11.3 Å². The number of thiophene rings is 1. The quantitative estimate of drug-likeness (QED) is 0.202. The molecule has 2 aromatic heterocycles. The lowest BCUT2D eigenvalue weighted by Gasteiger charge is -2.06. The SMILES string of the molecule is N#Cc1c(-c2ccccc2)nc(NN=Cc2ccc(OC(=O)c3cccs3)cc2)[nH]c1=O. The molecule has 0 radical (unpaired) electrons. The zero-order valence-corrected chi connectivity index (χ0v) is 17.3. The van der Waals surface area contributed by atoms with Gasteiger partial charge < -0.3 is 4.74 Å². The third kappa shape index (κ3) is 4.77. The standard InChI is InChI=1S/C23H15N5O3S/c24-13-18-20(16-5-2-1-3-6-16)26-23(27-21(18)29)28-25-14-15-8-10-17(11-9-15)31-22(30)19-7-4-12-32-19/h1-12,14H,(H2,26,27,28,29). The van der Waals surface area contributed by atoms with Crippen molar-refractivity contribution < 1.29 is 9.53 Å². The number of nitrogens with one attached hydrogen (secondary N) is 2. The van der Waals surface area contributed by atoms with Crippen molar-refractivity contribution in [2.45, 2.75) is 0 Å². The average molecular weight is 441 g/mol. The minimum absolute atomic E-state index is 0.0709. The fourth-order valence-corrected chi connectivity index (χ4v) is 3.38. The Morgan fingerprint density at radius 3 is 2.59 bits per heavy atom. The largest absolute Gasteiger partial charge is 0.422 e. The van der Waals surface area contributed by atoms with E-state index in [1.807, 2.05) is 17.5 Å². The topological polar surface area (TPSA) is 120 Å². The number of esters is 1. The summed E-state index contributed by atoms with van der Waals surface area (Å²) in [5.41, 5.74) is 3.69. The minimum Gasteiger partial charge on any atom is -0.422 e. The number of benzene rings is 2. The highest BCUT2D eigenvalue weighted by atomic mass is 32.1. The average Bonchev–Trinajstić information content (AvgIpc) is 3.36. The molecule has 4 rings (SSSR count). The minimum atomic E-state index is -0.559. The predicted octanol–water partition coefficient (Wildman–Crippen LogP) is 4.04. The van der Waals surface area contributed by atoms with Crippen LogP contribution in [0.5, 0.6) is 5.75 Å². The Labute approximate surface area is 186 Å². The van der Waals surface area contributed by atoms with Gasteiger partial charge in [-0.05, 0) is 41.3 Å². The molecule has 32 heavy (non-hydrogen) atoms. The van der Waals surface area contributed by atoms with E-state index < -0.39 is 11.5 Å². The molecule has 156 valence electrons. The maximum atomic E-state index is 12.3. The zero-order chi connectivity index (χ0) is 22.3. The molecule has 0 amide bonds. The molecule has 0 atom stereocenters. The molecule has 2 heterocycles. The molecule has 0 spiro atoms. The van der Waals surface area contributed by atoms with Crippen molar-refractivity contribution in [1.82, 2.24) is 9.97 Å². The Bertz CT molecular complexity index is 1360. The van der Waals surface area contributed by atoms with Crippen molar-refractivity contribution in [2.24, 2.45) is 5.10 Å². The first-order valence-electron chi connectivity index (χ1n) is 9.39. The highest BCUT2D eigenvalue weighted by Gasteiger charge is 2.13. The monoisotopic (exact) mass is 441 g/mol. The van der Waals surface area contributed by atoms with Gasteiger partial charge in [0.1, 0.15) is 22.3 Å². The smallest absolute Gasteiger partial charge is 0.353 e. The summed E-state index contributed by atoms with van der Waals surface area (Å²) in [6.07, 6.45) is 1.52. The Morgan fingerprint density at radius 2 is 1.91 bits per heavy atom. The lowest BCUT2D eigenvalue weighted by atomic mass is 10.1. The van der Waals surface area contributed by atoms with Crippen LogP contribution in [0.25, 0.3) is 11.3 Å². The summed E-state index contributed by atoms with van der Waals surface area (Å²) in [7, 11) is 0. The lowest BCUT2D eigenvalue weighted by Crippen LogP contribution is -2.16. The van der Waals surface area contributed by atoms with Gasteiger partial charge in [-0.1, -0.05) is 36.4 Å². The van der Waals surface area contributed by atoms with Crippen LogP contribution >= 0.6 is 11.3 Å². The second-order valence-electron chi connectivity index (χ2n) is 6.42. The molecule has 4 aromatic rings. The van der Waals surface area contributed by atoms with Crippen LogP contribution in [0.3, 0.4) is 0 Å². The number of nitriles is 1. The zero-order valence-electron chi connectivity index (χ0n) is 16.5. The molecule has 0 aliphatic carbocycles. The van der Waals surface area contributed by atoms with Crippen LogP contribution < -0.4 is 15.7 Å². The van der Waals surface area contributed by atoms with Crippen molar-refractivity contribution in [3.63, 3.8) is 0 Å². The number of aromatic amines is 1. The molecule has 0 saturated heterocycles. The predicted molar refractivity (Wildman–Crippen MR) is 122 cm³/mol. The molecule has 0 saturated carbocycles. The number of carbonyl (C=O) groups is 1. The number of nitrogens with zero attached hydrogens (tertiary/aromatic N) is 3. The van der Waals surface area contributed by atoms with E-state index in [-0.39, 0.29) is 17.2 Å². The number of hydrogen-bond donors (Lipinski definition) is 2. The third-order valence-corrected chi connectivity index (χ3v) is 5.13.